The van der Waals surface area contributed by atoms with Crippen LogP contribution in [0.4, 0.5) is 0 Å². The van der Waals surface area contributed by atoms with E-state index in [2.05, 4.69) is 23.3 Å². The van der Waals surface area contributed by atoms with E-state index >= 15 is 0 Å². The topological polar surface area (TPSA) is 148 Å². The van der Waals surface area contributed by atoms with Gasteiger partial charge in [-0.3, -0.25) is 9.59 Å². The van der Waals surface area contributed by atoms with Crippen molar-refractivity contribution >= 4 is 30.4 Å². The Morgan fingerprint density at radius 2 is 1.67 bits per heavy atom. The van der Waals surface area contributed by atoms with Crippen molar-refractivity contribution in [2.24, 2.45) is 11.5 Å². The summed E-state index contributed by atoms with van der Waals surface area (Å²) in [6.45, 7) is 0.453. The lowest BCUT2D eigenvalue weighted by Crippen LogP contribution is -2.55. The first-order valence-corrected chi connectivity index (χ1v) is 9.46. The third-order valence-electron chi connectivity index (χ3n) is 4.01. The molecule has 0 fully saturated rings. The maximum Gasteiger partial charge on any atom is 0.326 e. The number of rotatable bonds is 12. The van der Waals surface area contributed by atoms with Crippen LogP contribution in [0.2, 0.25) is 0 Å². The van der Waals surface area contributed by atoms with Crippen LogP contribution in [0.5, 0.6) is 0 Å². The Bertz CT molecular complexity index is 615. The van der Waals surface area contributed by atoms with E-state index in [9.17, 15) is 19.5 Å². The molecular weight excluding hydrogens is 368 g/mol. The Morgan fingerprint density at radius 3 is 2.22 bits per heavy atom. The molecule has 0 radical (unpaired) electrons. The van der Waals surface area contributed by atoms with Crippen LogP contribution in [0, 0.1) is 0 Å². The highest BCUT2D eigenvalue weighted by Gasteiger charge is 2.27. The van der Waals surface area contributed by atoms with Crippen LogP contribution >= 0.6 is 12.6 Å². The molecule has 0 aliphatic carbocycles. The van der Waals surface area contributed by atoms with Gasteiger partial charge in [0.1, 0.15) is 12.1 Å². The molecular formula is C18H28N4O4S. The number of thiol groups is 1. The van der Waals surface area contributed by atoms with Crippen molar-refractivity contribution in [2.45, 2.75) is 43.8 Å². The molecule has 9 heteroatoms. The molecule has 0 unspecified atom stereocenters. The number of hydrogen-bond acceptors (Lipinski definition) is 6. The van der Waals surface area contributed by atoms with E-state index in [4.69, 9.17) is 11.5 Å². The maximum atomic E-state index is 12.3. The highest BCUT2D eigenvalue weighted by Crippen LogP contribution is 2.04. The molecule has 3 atom stereocenters. The fourth-order valence-corrected chi connectivity index (χ4v) is 2.71. The summed E-state index contributed by atoms with van der Waals surface area (Å²) < 4.78 is 0. The highest BCUT2D eigenvalue weighted by atomic mass is 32.1. The molecule has 1 rings (SSSR count). The zero-order chi connectivity index (χ0) is 20.2. The summed E-state index contributed by atoms with van der Waals surface area (Å²) in [4.78, 5) is 35.9. The van der Waals surface area contributed by atoms with Crippen molar-refractivity contribution in [1.29, 1.82) is 0 Å². The van der Waals surface area contributed by atoms with E-state index in [1.54, 1.807) is 0 Å². The minimum absolute atomic E-state index is 0.0186. The molecule has 2 amide bonds. The van der Waals surface area contributed by atoms with Gasteiger partial charge in [-0.05, 0) is 37.8 Å². The number of nitrogens with one attached hydrogen (secondary N) is 2. The second kappa shape index (κ2) is 12.3. The molecule has 8 nitrogen and oxygen atoms in total. The van der Waals surface area contributed by atoms with E-state index in [0.717, 1.165) is 5.56 Å². The summed E-state index contributed by atoms with van der Waals surface area (Å²) in [5.41, 5.74) is 12.2. The van der Waals surface area contributed by atoms with Gasteiger partial charge in [0.2, 0.25) is 11.8 Å². The SMILES string of the molecule is NCCCC[C@H](NC(=O)[C@H](CS)NC(=O)[C@@H](N)Cc1ccccc1)C(=O)O. The number of nitrogens with two attached hydrogens (primary N) is 2. The fraction of sp³-hybridized carbons (Fsp3) is 0.500. The van der Waals surface area contributed by atoms with Gasteiger partial charge in [0.15, 0.2) is 0 Å². The van der Waals surface area contributed by atoms with Crippen LogP contribution in [0.15, 0.2) is 30.3 Å². The van der Waals surface area contributed by atoms with Gasteiger partial charge in [0.25, 0.3) is 0 Å². The van der Waals surface area contributed by atoms with E-state index in [1.165, 1.54) is 0 Å². The predicted molar refractivity (Wildman–Crippen MR) is 106 cm³/mol. The van der Waals surface area contributed by atoms with Gasteiger partial charge in [-0.1, -0.05) is 30.3 Å². The fourth-order valence-electron chi connectivity index (χ4n) is 2.46. The predicted octanol–water partition coefficient (Wildman–Crippen LogP) is -0.331. The third kappa shape index (κ3) is 8.42. The monoisotopic (exact) mass is 396 g/mol. The molecule has 0 bridgehead atoms. The zero-order valence-corrected chi connectivity index (χ0v) is 16.0. The summed E-state index contributed by atoms with van der Waals surface area (Å²) in [6.07, 6.45) is 1.83. The van der Waals surface area contributed by atoms with E-state index in [-0.39, 0.29) is 12.2 Å². The molecule has 7 N–H and O–H groups in total. The van der Waals surface area contributed by atoms with Crippen LogP contribution in [0.1, 0.15) is 24.8 Å². The molecule has 0 spiro atoms. The minimum Gasteiger partial charge on any atom is -0.480 e. The summed E-state index contributed by atoms with van der Waals surface area (Å²) in [5.74, 6) is -2.22. The average Bonchev–Trinajstić information content (AvgIpc) is 2.65. The number of carbonyl (C=O) groups is 3. The Hall–Kier alpha value is -2.10. The molecule has 1 aromatic carbocycles. The third-order valence-corrected chi connectivity index (χ3v) is 4.38. The highest BCUT2D eigenvalue weighted by molar-refractivity contribution is 7.80. The standard InChI is InChI=1S/C18H28N4O4S/c19-9-5-4-8-14(18(25)26)21-17(24)15(11-27)22-16(23)13(20)10-12-6-2-1-3-7-12/h1-3,6-7,13-15,27H,4-5,8-11,19-20H2,(H,21,24)(H,22,23)(H,25,26)/t13-,14-,15-/m0/s1. The lowest BCUT2D eigenvalue weighted by Gasteiger charge is -2.21. The van der Waals surface area contributed by atoms with Crippen molar-refractivity contribution in [3.05, 3.63) is 35.9 Å². The maximum absolute atomic E-state index is 12.3. The van der Waals surface area contributed by atoms with Crippen LogP contribution in [0.3, 0.4) is 0 Å². The largest absolute Gasteiger partial charge is 0.480 e. The van der Waals surface area contributed by atoms with E-state index < -0.39 is 35.9 Å². The molecule has 0 aliphatic heterocycles. The second-order valence-corrected chi connectivity index (χ2v) is 6.59. The Labute approximate surface area is 164 Å². The van der Waals surface area contributed by atoms with Gasteiger partial charge in [-0.2, -0.15) is 12.6 Å². The van der Waals surface area contributed by atoms with Gasteiger partial charge in [-0.15, -0.1) is 0 Å². The van der Waals surface area contributed by atoms with E-state index in [1.807, 2.05) is 30.3 Å². The van der Waals surface area contributed by atoms with Crippen molar-refractivity contribution in [3.8, 4) is 0 Å². The van der Waals surface area contributed by atoms with Gasteiger partial charge >= 0.3 is 5.97 Å². The molecule has 0 heterocycles. The Balaban J connectivity index is 2.60. The summed E-state index contributed by atoms with van der Waals surface area (Å²) >= 11 is 4.08. The van der Waals surface area contributed by atoms with Gasteiger partial charge in [0.05, 0.1) is 6.04 Å². The summed E-state index contributed by atoms with van der Waals surface area (Å²) in [6, 6.07) is 6.43. The van der Waals surface area contributed by atoms with Crippen LogP contribution in [-0.4, -0.2) is 53.3 Å². The van der Waals surface area contributed by atoms with Gasteiger partial charge < -0.3 is 27.2 Å². The minimum atomic E-state index is -1.13. The first-order valence-electron chi connectivity index (χ1n) is 8.83. The zero-order valence-electron chi connectivity index (χ0n) is 15.1. The number of carbonyl (C=O) groups excluding carboxylic acids is 2. The first-order chi connectivity index (χ1) is 12.9. The number of carboxylic acid groups (broad SMARTS) is 1. The Kier molecular flexibility index (Phi) is 10.5. The summed E-state index contributed by atoms with van der Waals surface area (Å²) in [5, 5.41) is 14.2. The molecule has 1 aromatic rings. The molecule has 27 heavy (non-hydrogen) atoms. The lowest BCUT2D eigenvalue weighted by atomic mass is 10.1. The van der Waals surface area contributed by atoms with Gasteiger partial charge in [-0.25, -0.2) is 4.79 Å². The van der Waals surface area contributed by atoms with E-state index in [0.29, 0.717) is 25.8 Å². The van der Waals surface area contributed by atoms with Crippen molar-refractivity contribution < 1.29 is 19.5 Å². The number of benzene rings is 1. The van der Waals surface area contributed by atoms with Crippen LogP contribution < -0.4 is 22.1 Å². The smallest absolute Gasteiger partial charge is 0.326 e. The van der Waals surface area contributed by atoms with Crippen molar-refractivity contribution in [3.63, 3.8) is 0 Å². The number of aliphatic carboxylic acids is 1. The Morgan fingerprint density at radius 1 is 1.04 bits per heavy atom. The average molecular weight is 397 g/mol. The normalized spacial score (nSPS) is 14.0. The van der Waals surface area contributed by atoms with Crippen LogP contribution in [-0.2, 0) is 20.8 Å². The molecule has 0 aliphatic rings. The second-order valence-electron chi connectivity index (χ2n) is 6.22. The van der Waals surface area contributed by atoms with Gasteiger partial charge in [0, 0.05) is 5.75 Å². The first kappa shape index (κ1) is 22.9. The summed E-state index contributed by atoms with van der Waals surface area (Å²) in [7, 11) is 0. The van der Waals surface area contributed by atoms with Crippen LogP contribution in [0.25, 0.3) is 0 Å². The number of hydrogen-bond donors (Lipinski definition) is 6. The van der Waals surface area contributed by atoms with Crippen molar-refractivity contribution in [2.75, 3.05) is 12.3 Å². The molecule has 0 saturated heterocycles. The molecule has 150 valence electrons. The molecule has 0 aromatic heterocycles. The quantitative estimate of drug-likeness (QED) is 0.211. The number of amides is 2. The number of unbranched alkanes of at least 4 members (excludes halogenated alkanes) is 1. The lowest BCUT2D eigenvalue weighted by molar-refractivity contribution is -0.142. The van der Waals surface area contributed by atoms with Crippen molar-refractivity contribution in [1.82, 2.24) is 10.6 Å². The molecule has 0 saturated carbocycles. The number of carboxylic acids is 1.